The predicted molar refractivity (Wildman–Crippen MR) is 68.7 cm³/mol. The lowest BCUT2D eigenvalue weighted by Gasteiger charge is -2.09. The van der Waals surface area contributed by atoms with Gasteiger partial charge in [0.05, 0.1) is 3.79 Å². The summed E-state index contributed by atoms with van der Waals surface area (Å²) in [6, 6.07) is 2.82. The lowest BCUT2D eigenvalue weighted by molar-refractivity contribution is 0.542. The quantitative estimate of drug-likeness (QED) is 0.820. The molecular weight excluding hydrogens is 326 g/mol. The van der Waals surface area contributed by atoms with E-state index < -0.39 is 0 Å². The molecule has 2 rings (SSSR count). The lowest BCUT2D eigenvalue weighted by atomic mass is 10.2. The number of rotatable bonds is 3. The summed E-state index contributed by atoms with van der Waals surface area (Å²) in [5.74, 6) is 0. The largest absolute Gasteiger partial charge is 0.308 e. The smallest absolute Gasteiger partial charge is 0.0843 e. The van der Waals surface area contributed by atoms with E-state index in [4.69, 9.17) is 0 Å². The van der Waals surface area contributed by atoms with E-state index >= 15 is 0 Å². The number of nitrogens with one attached hydrogen (secondary N) is 1. The molecule has 1 N–H and O–H groups in total. The summed E-state index contributed by atoms with van der Waals surface area (Å²) in [5, 5.41) is 3.54. The highest BCUT2D eigenvalue weighted by Crippen LogP contribution is 2.32. The van der Waals surface area contributed by atoms with E-state index in [1.165, 1.54) is 21.5 Å². The van der Waals surface area contributed by atoms with Gasteiger partial charge >= 0.3 is 0 Å². The summed E-state index contributed by atoms with van der Waals surface area (Å²) in [4.78, 5) is 1.37. The molecule has 0 spiro atoms. The van der Waals surface area contributed by atoms with Gasteiger partial charge in [-0.3, -0.25) is 0 Å². The van der Waals surface area contributed by atoms with Crippen molar-refractivity contribution in [1.82, 2.24) is 5.32 Å². The zero-order valence-corrected chi connectivity index (χ0v) is 11.6. The Balaban J connectivity index is 1.85. The highest BCUT2D eigenvalue weighted by Gasteiger charge is 2.10. The molecule has 0 aliphatic heterocycles. The second kappa shape index (κ2) is 4.92. The Kier molecular flexibility index (Phi) is 3.82. The van der Waals surface area contributed by atoms with E-state index in [1.54, 1.807) is 11.3 Å². The summed E-state index contributed by atoms with van der Waals surface area (Å²) >= 11 is 8.78. The molecule has 0 fully saturated rings. The predicted octanol–water partition coefficient (Wildman–Crippen LogP) is 4.08. The molecule has 0 radical (unpaired) electrons. The van der Waals surface area contributed by atoms with Crippen LogP contribution in [0.4, 0.5) is 0 Å². The molecule has 0 saturated heterocycles. The molecule has 1 aromatic rings. The molecule has 4 heteroatoms. The van der Waals surface area contributed by atoms with Gasteiger partial charge in [-0.15, -0.1) is 11.3 Å². The first-order valence-electron chi connectivity index (χ1n) is 4.58. The van der Waals surface area contributed by atoms with Gasteiger partial charge in [0.2, 0.25) is 0 Å². The van der Waals surface area contributed by atoms with Gasteiger partial charge in [0, 0.05) is 21.9 Å². The van der Waals surface area contributed by atoms with Crippen LogP contribution in [0.3, 0.4) is 0 Å². The summed E-state index contributed by atoms with van der Waals surface area (Å²) in [6.07, 6.45) is 6.84. The van der Waals surface area contributed by atoms with Crippen molar-refractivity contribution in [3.8, 4) is 0 Å². The van der Waals surface area contributed by atoms with Crippen LogP contribution in [0, 0.1) is 0 Å². The summed E-state index contributed by atoms with van der Waals surface area (Å²) in [5.41, 5.74) is 0. The van der Waals surface area contributed by atoms with Crippen LogP contribution in [0.5, 0.6) is 0 Å². The van der Waals surface area contributed by atoms with Gasteiger partial charge in [0.15, 0.2) is 0 Å². The Labute approximate surface area is 105 Å². The summed E-state index contributed by atoms with van der Waals surface area (Å²) in [6.45, 7) is 0.973. The molecular formula is C10H11Br2NS. The van der Waals surface area contributed by atoms with Gasteiger partial charge in [-0.25, -0.2) is 0 Å². The van der Waals surface area contributed by atoms with Crippen molar-refractivity contribution in [2.75, 3.05) is 0 Å². The fourth-order valence-corrected chi connectivity index (χ4v) is 3.64. The topological polar surface area (TPSA) is 12.0 Å². The average Bonchev–Trinajstić information content (AvgIpc) is 2.74. The minimum Gasteiger partial charge on any atom is -0.308 e. The molecule has 0 amide bonds. The van der Waals surface area contributed by atoms with E-state index in [9.17, 15) is 0 Å². The fourth-order valence-electron chi connectivity index (χ4n) is 1.51. The molecule has 1 aromatic heterocycles. The van der Waals surface area contributed by atoms with Gasteiger partial charge in [0.1, 0.15) is 0 Å². The van der Waals surface area contributed by atoms with Gasteiger partial charge in [-0.2, -0.15) is 0 Å². The highest BCUT2D eigenvalue weighted by atomic mass is 79.9. The SMILES string of the molecule is Brc1cc(CNC2CC=CC2)sc1Br. The molecule has 0 saturated carbocycles. The van der Waals surface area contributed by atoms with Crippen LogP contribution in [0.2, 0.25) is 0 Å². The van der Waals surface area contributed by atoms with Gasteiger partial charge in [0.25, 0.3) is 0 Å². The van der Waals surface area contributed by atoms with Crippen molar-refractivity contribution >= 4 is 43.2 Å². The molecule has 0 atom stereocenters. The van der Waals surface area contributed by atoms with E-state index in [0.717, 1.165) is 11.0 Å². The highest BCUT2D eigenvalue weighted by molar-refractivity contribution is 9.13. The van der Waals surface area contributed by atoms with E-state index in [0.29, 0.717) is 6.04 Å². The normalized spacial score (nSPS) is 16.7. The van der Waals surface area contributed by atoms with E-state index in [-0.39, 0.29) is 0 Å². The van der Waals surface area contributed by atoms with Gasteiger partial charge < -0.3 is 5.32 Å². The van der Waals surface area contributed by atoms with Crippen LogP contribution in [-0.2, 0) is 6.54 Å². The molecule has 1 aliphatic rings. The Hall–Kier alpha value is 0.360. The minimum atomic E-state index is 0.648. The number of hydrogen-bond donors (Lipinski definition) is 1. The van der Waals surface area contributed by atoms with Crippen LogP contribution in [-0.4, -0.2) is 6.04 Å². The van der Waals surface area contributed by atoms with Crippen LogP contribution in [0.25, 0.3) is 0 Å². The number of thiophene rings is 1. The molecule has 1 aliphatic carbocycles. The zero-order valence-electron chi connectivity index (χ0n) is 7.59. The van der Waals surface area contributed by atoms with Gasteiger partial charge in [-0.05, 0) is 50.8 Å². The molecule has 0 bridgehead atoms. The van der Waals surface area contributed by atoms with Crippen molar-refractivity contribution in [1.29, 1.82) is 0 Å². The molecule has 0 unspecified atom stereocenters. The fraction of sp³-hybridized carbons (Fsp3) is 0.400. The standard InChI is InChI=1S/C10H11Br2NS/c11-9-5-8(14-10(9)12)6-13-7-3-1-2-4-7/h1-2,5,7,13H,3-4,6H2. The maximum Gasteiger partial charge on any atom is 0.0843 e. The first kappa shape index (κ1) is 10.9. The van der Waals surface area contributed by atoms with Crippen molar-refractivity contribution < 1.29 is 0 Å². The van der Waals surface area contributed by atoms with Gasteiger partial charge in [-0.1, -0.05) is 12.2 Å². The Bertz CT molecular complexity index is 318. The van der Waals surface area contributed by atoms with Crippen LogP contribution >= 0.6 is 43.2 Å². The third-order valence-corrected chi connectivity index (χ3v) is 5.53. The third kappa shape index (κ3) is 2.69. The van der Waals surface area contributed by atoms with E-state index in [1.807, 2.05) is 0 Å². The first-order chi connectivity index (χ1) is 6.75. The molecule has 76 valence electrons. The Morgan fingerprint density at radius 2 is 2.07 bits per heavy atom. The summed E-state index contributed by atoms with van der Waals surface area (Å²) < 4.78 is 2.34. The Morgan fingerprint density at radius 3 is 2.64 bits per heavy atom. The van der Waals surface area contributed by atoms with Crippen molar-refractivity contribution in [2.24, 2.45) is 0 Å². The maximum atomic E-state index is 3.54. The average molecular weight is 337 g/mol. The van der Waals surface area contributed by atoms with E-state index in [2.05, 4.69) is 55.4 Å². The second-order valence-electron chi connectivity index (χ2n) is 3.35. The first-order valence-corrected chi connectivity index (χ1v) is 6.98. The zero-order chi connectivity index (χ0) is 9.97. The minimum absolute atomic E-state index is 0.648. The molecule has 14 heavy (non-hydrogen) atoms. The third-order valence-electron chi connectivity index (χ3n) is 2.27. The van der Waals surface area contributed by atoms with Crippen molar-refractivity contribution in [2.45, 2.75) is 25.4 Å². The van der Waals surface area contributed by atoms with Crippen LogP contribution in [0.1, 0.15) is 17.7 Å². The number of hydrogen-bond acceptors (Lipinski definition) is 2. The Morgan fingerprint density at radius 1 is 1.36 bits per heavy atom. The van der Waals surface area contributed by atoms with Crippen molar-refractivity contribution in [3.63, 3.8) is 0 Å². The number of halogens is 2. The molecule has 1 nitrogen and oxygen atoms in total. The second-order valence-corrected chi connectivity index (χ2v) is 6.66. The molecule has 0 aromatic carbocycles. The van der Waals surface area contributed by atoms with Crippen LogP contribution < -0.4 is 5.32 Å². The summed E-state index contributed by atoms with van der Waals surface area (Å²) in [7, 11) is 0. The maximum absolute atomic E-state index is 3.54. The van der Waals surface area contributed by atoms with Crippen LogP contribution in [0.15, 0.2) is 26.5 Å². The monoisotopic (exact) mass is 335 g/mol. The molecule has 1 heterocycles. The van der Waals surface area contributed by atoms with Crippen molar-refractivity contribution in [3.05, 3.63) is 31.4 Å². The lowest BCUT2D eigenvalue weighted by Crippen LogP contribution is -2.25.